The number of rotatable bonds is 12. The summed E-state index contributed by atoms with van der Waals surface area (Å²) in [6.45, 7) is 2.41. The molecule has 96 heavy (non-hydrogen) atoms. The molecule has 0 spiro atoms. The van der Waals surface area contributed by atoms with Crippen LogP contribution in [0.1, 0.15) is 30.9 Å². The lowest BCUT2D eigenvalue weighted by Crippen LogP contribution is -2.05. The first-order chi connectivity index (χ1) is 47.5. The molecular weight excluding hydrogens is 1170 g/mol. The average molecular weight is 1230 g/mol. The highest BCUT2D eigenvalue weighted by Crippen LogP contribution is 2.42. The van der Waals surface area contributed by atoms with Crippen LogP contribution in [0.15, 0.2) is 300 Å². The molecule has 454 valence electrons. The molecule has 0 N–H and O–H groups in total. The second kappa shape index (κ2) is 21.4. The maximum atomic E-state index is 6.57. The van der Waals surface area contributed by atoms with Crippen LogP contribution in [0.4, 0.5) is 0 Å². The van der Waals surface area contributed by atoms with E-state index < -0.39 is 0 Å². The zero-order valence-corrected chi connectivity index (χ0v) is 52.6. The molecule has 20 rings (SSSR count). The van der Waals surface area contributed by atoms with E-state index in [4.69, 9.17) is 18.8 Å². The summed E-state index contributed by atoms with van der Waals surface area (Å²) in [4.78, 5) is 9.80. The highest BCUT2D eigenvalue weighted by atomic mass is 16.3. The molecule has 0 radical (unpaired) electrons. The first kappa shape index (κ1) is 54.3. The largest absolute Gasteiger partial charge is 0.456 e. The van der Waals surface area contributed by atoms with Crippen molar-refractivity contribution >= 4 is 131 Å². The zero-order valence-electron chi connectivity index (χ0n) is 52.6. The van der Waals surface area contributed by atoms with Crippen molar-refractivity contribution in [1.82, 2.24) is 28.2 Å². The third kappa shape index (κ3) is 8.54. The van der Waals surface area contributed by atoms with Crippen molar-refractivity contribution < 1.29 is 8.83 Å². The van der Waals surface area contributed by atoms with E-state index >= 15 is 0 Å². The Morgan fingerprint density at radius 2 is 0.688 bits per heavy atom. The molecule has 0 aliphatic carbocycles. The van der Waals surface area contributed by atoms with Crippen LogP contribution in [0.25, 0.3) is 176 Å². The molecule has 8 aromatic heterocycles. The maximum Gasteiger partial charge on any atom is 0.135 e. The Balaban J connectivity index is 0.593. The molecule has 0 fully saturated rings. The van der Waals surface area contributed by atoms with Crippen LogP contribution in [-0.2, 0) is 12.8 Å². The topological polar surface area (TPSA) is 71.8 Å². The molecule has 0 saturated carbocycles. The first-order valence-electron chi connectivity index (χ1n) is 33.4. The lowest BCUT2D eigenvalue weighted by molar-refractivity contribution is 0.508. The van der Waals surface area contributed by atoms with Gasteiger partial charge in [0.1, 0.15) is 22.3 Å². The molecule has 0 amide bonds. The molecule has 0 bridgehead atoms. The molecular formula is C88H60N6O2. The predicted octanol–water partition coefficient (Wildman–Crippen LogP) is 23.2. The van der Waals surface area contributed by atoms with E-state index in [1.165, 1.54) is 54.8 Å². The first-order valence-corrected chi connectivity index (χ1v) is 33.4. The zero-order chi connectivity index (χ0) is 63.1. The van der Waals surface area contributed by atoms with Crippen molar-refractivity contribution in [2.24, 2.45) is 5.92 Å². The standard InChI is InChI=1S/C88H60N6O2/c1-54(44-56-45-63(93-77-27-9-4-23-68(77)87-81(93)29-14-42-89-87)53-64(46-56)94-78-28-10-5-24-69(78)88-82(94)30-15-43-90-88)16-12-17-55-32-39-84-72(47-55)74-51-60(36-41-86(74)96-84)58-34-38-80-71(49-58)66-21-3-8-26-76(66)92(80)62-19-13-18-61(52-62)91-75-25-7-2-20-65(75)70-48-57(33-37-79(70)91)59-35-40-85-73(50-59)67-22-6-11-31-83(67)95-85/h2-11,13-15,18-43,45-54H,12,16-17,44H2,1H3. The van der Waals surface area contributed by atoms with Gasteiger partial charge in [-0.25, -0.2) is 0 Å². The monoisotopic (exact) mass is 1230 g/mol. The predicted molar refractivity (Wildman–Crippen MR) is 397 cm³/mol. The number of aromatic nitrogens is 6. The number of pyridine rings is 2. The fraction of sp³-hybridized carbons (Fsp3) is 0.0682. The Hall–Kier alpha value is -12.3. The van der Waals surface area contributed by atoms with Crippen molar-refractivity contribution in [1.29, 1.82) is 0 Å². The van der Waals surface area contributed by atoms with Gasteiger partial charge in [-0.15, -0.1) is 0 Å². The Morgan fingerprint density at radius 1 is 0.292 bits per heavy atom. The second-order valence-corrected chi connectivity index (χ2v) is 26.1. The van der Waals surface area contributed by atoms with Gasteiger partial charge in [-0.05, 0) is 210 Å². The summed E-state index contributed by atoms with van der Waals surface area (Å²) in [6, 6.07) is 102. The minimum atomic E-state index is 0.435. The summed E-state index contributed by atoms with van der Waals surface area (Å²) in [5.74, 6) is 0.435. The molecule has 0 aliphatic heterocycles. The molecule has 8 heteroatoms. The quantitative estimate of drug-likeness (QED) is 0.122. The Bertz CT molecular complexity index is 6340. The van der Waals surface area contributed by atoms with Crippen molar-refractivity contribution in [3.05, 3.63) is 303 Å². The van der Waals surface area contributed by atoms with Crippen molar-refractivity contribution in [3.63, 3.8) is 0 Å². The number of furan rings is 2. The van der Waals surface area contributed by atoms with Gasteiger partial charge < -0.3 is 27.1 Å². The number of fused-ring (bicyclic) bond motifs is 18. The highest BCUT2D eigenvalue weighted by molar-refractivity contribution is 6.14. The van der Waals surface area contributed by atoms with Crippen molar-refractivity contribution in [3.8, 4) is 45.0 Å². The van der Waals surface area contributed by atoms with Gasteiger partial charge in [0.2, 0.25) is 0 Å². The molecule has 1 unspecified atom stereocenters. The second-order valence-electron chi connectivity index (χ2n) is 26.1. The van der Waals surface area contributed by atoms with Crippen LogP contribution in [0.3, 0.4) is 0 Å². The van der Waals surface area contributed by atoms with Crippen LogP contribution in [0.5, 0.6) is 0 Å². The van der Waals surface area contributed by atoms with Gasteiger partial charge in [0.05, 0.1) is 55.2 Å². The minimum absolute atomic E-state index is 0.435. The van der Waals surface area contributed by atoms with Gasteiger partial charge >= 0.3 is 0 Å². The maximum absolute atomic E-state index is 6.57. The van der Waals surface area contributed by atoms with E-state index in [2.05, 4.69) is 280 Å². The van der Waals surface area contributed by atoms with E-state index in [-0.39, 0.29) is 0 Å². The summed E-state index contributed by atoms with van der Waals surface area (Å²) in [6.07, 6.45) is 7.87. The lowest BCUT2D eigenvalue weighted by atomic mass is 9.93. The van der Waals surface area contributed by atoms with Crippen LogP contribution < -0.4 is 0 Å². The molecule has 8 nitrogen and oxygen atoms in total. The van der Waals surface area contributed by atoms with Crippen LogP contribution in [0.2, 0.25) is 0 Å². The van der Waals surface area contributed by atoms with E-state index in [0.29, 0.717) is 5.92 Å². The fourth-order valence-electron chi connectivity index (χ4n) is 16.0. The van der Waals surface area contributed by atoms with Crippen LogP contribution in [-0.4, -0.2) is 28.2 Å². The summed E-state index contributed by atoms with van der Waals surface area (Å²) in [7, 11) is 0. The summed E-state index contributed by atoms with van der Waals surface area (Å²) in [5.41, 5.74) is 26.5. The number of aryl methyl sites for hydroxylation is 1. The van der Waals surface area contributed by atoms with E-state index in [1.807, 2.05) is 36.7 Å². The summed E-state index contributed by atoms with van der Waals surface area (Å²) < 4.78 is 22.4. The molecule has 8 heterocycles. The van der Waals surface area contributed by atoms with Gasteiger partial charge in [-0.1, -0.05) is 141 Å². The molecule has 20 aromatic rings. The summed E-state index contributed by atoms with van der Waals surface area (Å²) in [5, 5.41) is 11.7. The number of hydrogen-bond donors (Lipinski definition) is 0. The molecule has 1 atom stereocenters. The normalized spacial score (nSPS) is 12.6. The van der Waals surface area contributed by atoms with Crippen LogP contribution >= 0.6 is 0 Å². The lowest BCUT2D eigenvalue weighted by Gasteiger charge is -2.17. The number of para-hydroxylation sites is 5. The Labute approximate surface area is 551 Å². The third-order valence-corrected chi connectivity index (χ3v) is 20.3. The van der Waals surface area contributed by atoms with E-state index in [9.17, 15) is 0 Å². The third-order valence-electron chi connectivity index (χ3n) is 20.3. The molecule has 12 aromatic carbocycles. The summed E-state index contributed by atoms with van der Waals surface area (Å²) >= 11 is 0. The van der Waals surface area contributed by atoms with Gasteiger partial charge in [-0.3, -0.25) is 9.97 Å². The Kier molecular flexibility index (Phi) is 12.1. The van der Waals surface area contributed by atoms with Gasteiger partial charge in [0.15, 0.2) is 0 Å². The number of benzene rings is 12. The molecule has 0 aliphatic rings. The average Bonchev–Trinajstić information content (AvgIpc) is 1.62. The number of nitrogens with zero attached hydrogens (tertiary/aromatic N) is 6. The minimum Gasteiger partial charge on any atom is -0.456 e. The van der Waals surface area contributed by atoms with Gasteiger partial charge in [0.25, 0.3) is 0 Å². The van der Waals surface area contributed by atoms with Gasteiger partial charge in [-0.2, -0.15) is 0 Å². The van der Waals surface area contributed by atoms with Crippen LogP contribution in [0, 0.1) is 5.92 Å². The van der Waals surface area contributed by atoms with E-state index in [1.54, 1.807) is 0 Å². The SMILES string of the molecule is CC(CCCc1ccc2oc3ccc(-c4ccc5c(c4)c4ccccc4n5-c4cccc(-n5c6ccccc6c6cc(-c7ccc8oc9ccccc9c8c7)ccc65)c4)cc3c2c1)Cc1cc(-n2c3ccccc3c3ncccc32)cc(-n2c3ccccc3c3ncccc32)c1. The van der Waals surface area contributed by atoms with E-state index in [0.717, 1.165) is 158 Å². The van der Waals surface area contributed by atoms with Crippen molar-refractivity contribution in [2.75, 3.05) is 0 Å². The Morgan fingerprint density at radius 3 is 1.24 bits per heavy atom. The highest BCUT2D eigenvalue weighted by Gasteiger charge is 2.22. The molecule has 0 saturated heterocycles. The fourth-order valence-corrected chi connectivity index (χ4v) is 16.0. The van der Waals surface area contributed by atoms with Gasteiger partial charge in [0, 0.05) is 89.0 Å². The number of hydrogen-bond acceptors (Lipinski definition) is 4. The smallest absolute Gasteiger partial charge is 0.135 e. The van der Waals surface area contributed by atoms with Crippen molar-refractivity contribution in [2.45, 2.75) is 32.6 Å².